The molecule has 1 aliphatic rings. The van der Waals surface area contributed by atoms with E-state index < -0.39 is 23.7 Å². The maximum atomic E-state index is 12.4. The molecule has 9 heteroatoms. The Morgan fingerprint density at radius 3 is 2.33 bits per heavy atom. The second-order valence-electron chi connectivity index (χ2n) is 6.34. The first-order valence-corrected chi connectivity index (χ1v) is 9.74. The Bertz CT molecular complexity index is 730. The quantitative estimate of drug-likeness (QED) is 0.189. The van der Waals surface area contributed by atoms with E-state index in [1.807, 2.05) is 0 Å². The van der Waals surface area contributed by atoms with E-state index in [4.69, 9.17) is 44.6 Å². The molecule has 0 unspecified atom stereocenters. The fourth-order valence-electron chi connectivity index (χ4n) is 2.53. The van der Waals surface area contributed by atoms with Crippen LogP contribution < -0.4 is 4.74 Å². The van der Waals surface area contributed by atoms with Gasteiger partial charge in [0.15, 0.2) is 5.75 Å². The first-order chi connectivity index (χ1) is 12.8. The molecule has 27 heavy (non-hydrogen) atoms. The summed E-state index contributed by atoms with van der Waals surface area (Å²) < 4.78 is 9.83. The third-order valence-corrected chi connectivity index (χ3v) is 5.21. The summed E-state index contributed by atoms with van der Waals surface area (Å²) in [6.45, 7) is 0.148. The zero-order chi connectivity index (χ0) is 20.0. The van der Waals surface area contributed by atoms with Crippen LogP contribution in [0, 0.1) is 5.92 Å². The van der Waals surface area contributed by atoms with Crippen molar-refractivity contribution in [1.82, 2.24) is 0 Å². The van der Waals surface area contributed by atoms with E-state index >= 15 is 0 Å². The van der Waals surface area contributed by atoms with Gasteiger partial charge >= 0.3 is 17.9 Å². The maximum absolute atomic E-state index is 12.4. The van der Waals surface area contributed by atoms with E-state index in [1.165, 1.54) is 25.7 Å². The Kier molecular flexibility index (Phi) is 8.20. The summed E-state index contributed by atoms with van der Waals surface area (Å²) in [6.07, 6.45) is 7.78. The van der Waals surface area contributed by atoms with E-state index in [0.717, 1.165) is 24.8 Å². The summed E-state index contributed by atoms with van der Waals surface area (Å²) in [5.41, 5.74) is -0.377. The highest BCUT2D eigenvalue weighted by Gasteiger charge is 2.27. The highest BCUT2D eigenvalue weighted by molar-refractivity contribution is 6.46. The van der Waals surface area contributed by atoms with Crippen molar-refractivity contribution in [3.63, 3.8) is 0 Å². The second-order valence-corrected chi connectivity index (χ2v) is 7.53. The van der Waals surface area contributed by atoms with Gasteiger partial charge in [-0.1, -0.05) is 73.3 Å². The highest BCUT2D eigenvalue weighted by atomic mass is 35.5. The molecular weight excluding hydrogens is 419 g/mol. The number of hydrogen-bond donors (Lipinski definition) is 1. The lowest BCUT2D eigenvalue weighted by atomic mass is 10.1. The molecule has 1 aliphatic carbocycles. The van der Waals surface area contributed by atoms with Crippen molar-refractivity contribution in [1.29, 1.82) is 0 Å². The van der Waals surface area contributed by atoms with Crippen LogP contribution in [0.4, 0.5) is 0 Å². The van der Waals surface area contributed by atoms with Gasteiger partial charge in [0.05, 0.1) is 21.7 Å². The van der Waals surface area contributed by atoms with Crippen LogP contribution in [-0.2, 0) is 14.3 Å². The summed E-state index contributed by atoms with van der Waals surface area (Å²) in [7, 11) is 0. The molecular formula is C18H19Cl3O6. The molecule has 0 radical (unpaired) electrons. The average molecular weight is 438 g/mol. The van der Waals surface area contributed by atoms with Gasteiger partial charge in [-0.05, 0) is 18.4 Å². The van der Waals surface area contributed by atoms with Crippen molar-refractivity contribution in [2.75, 3.05) is 6.61 Å². The van der Waals surface area contributed by atoms with Crippen molar-refractivity contribution < 1.29 is 29.0 Å². The minimum Gasteiger partial charge on any atom is -0.473 e. The van der Waals surface area contributed by atoms with E-state index in [9.17, 15) is 14.4 Å². The number of benzene rings is 1. The van der Waals surface area contributed by atoms with Gasteiger partial charge < -0.3 is 14.6 Å². The Labute approximate surface area is 171 Å². The summed E-state index contributed by atoms with van der Waals surface area (Å²) in [5.74, 6) is -3.93. The van der Waals surface area contributed by atoms with Crippen LogP contribution in [0.2, 0.25) is 15.1 Å². The van der Waals surface area contributed by atoms with Gasteiger partial charge in [-0.15, -0.1) is 0 Å². The van der Waals surface area contributed by atoms with Gasteiger partial charge in [0.1, 0.15) is 5.56 Å². The number of carboxylic acids is 1. The van der Waals surface area contributed by atoms with Crippen molar-refractivity contribution in [2.45, 2.75) is 44.9 Å². The zero-order valence-electron chi connectivity index (χ0n) is 14.4. The Balaban J connectivity index is 1.96. The van der Waals surface area contributed by atoms with Crippen LogP contribution in [0.5, 0.6) is 5.75 Å². The maximum Gasteiger partial charge on any atom is 0.422 e. The number of hydrogen-bond acceptors (Lipinski definition) is 5. The monoisotopic (exact) mass is 436 g/mol. The number of ether oxygens (including phenoxy) is 2. The van der Waals surface area contributed by atoms with Crippen molar-refractivity contribution in [2.24, 2.45) is 5.92 Å². The second kappa shape index (κ2) is 10.2. The molecule has 1 aromatic carbocycles. The Morgan fingerprint density at radius 1 is 1.04 bits per heavy atom. The number of aliphatic carboxylic acids is 1. The van der Waals surface area contributed by atoms with Crippen molar-refractivity contribution >= 4 is 52.7 Å². The number of halogens is 3. The van der Waals surface area contributed by atoms with Gasteiger partial charge in [-0.2, -0.15) is 0 Å². The molecule has 0 bridgehead atoms. The zero-order valence-corrected chi connectivity index (χ0v) is 16.7. The third-order valence-electron chi connectivity index (χ3n) is 4.14. The Morgan fingerprint density at radius 2 is 1.70 bits per heavy atom. The van der Waals surface area contributed by atoms with E-state index in [0.29, 0.717) is 6.42 Å². The smallest absolute Gasteiger partial charge is 0.422 e. The molecule has 1 saturated carbocycles. The van der Waals surface area contributed by atoms with Gasteiger partial charge in [0.2, 0.25) is 0 Å². The molecule has 148 valence electrons. The molecule has 1 fully saturated rings. The number of carboxylic acid groups (broad SMARTS) is 1. The molecule has 1 N–H and O–H groups in total. The number of esters is 2. The third kappa shape index (κ3) is 6.55. The molecule has 0 saturated heterocycles. The summed E-state index contributed by atoms with van der Waals surface area (Å²) >= 11 is 17.8. The van der Waals surface area contributed by atoms with Crippen LogP contribution in [0.15, 0.2) is 6.07 Å². The standard InChI is InChI=1S/C18H19Cl3O6/c19-11-9-12(20)15(27-18(25)16(22)23)13(14(11)21)17(24)26-8-4-2-1-3-5-10-6-7-10/h9-10H,1-8H2,(H,22,23). The van der Waals surface area contributed by atoms with Crippen molar-refractivity contribution in [3.05, 3.63) is 26.7 Å². The first-order valence-electron chi connectivity index (χ1n) is 8.61. The predicted molar refractivity (Wildman–Crippen MR) is 101 cm³/mol. The lowest BCUT2D eigenvalue weighted by Gasteiger charge is -2.13. The molecule has 2 rings (SSSR count). The van der Waals surface area contributed by atoms with E-state index in [1.54, 1.807) is 0 Å². The molecule has 6 nitrogen and oxygen atoms in total. The van der Waals surface area contributed by atoms with Gasteiger partial charge in [-0.25, -0.2) is 14.4 Å². The van der Waals surface area contributed by atoms with Crippen LogP contribution in [0.1, 0.15) is 55.3 Å². The molecule has 0 atom stereocenters. The van der Waals surface area contributed by atoms with Gasteiger partial charge in [0.25, 0.3) is 0 Å². The fourth-order valence-corrected chi connectivity index (χ4v) is 3.25. The minimum atomic E-state index is -1.84. The molecule has 0 aliphatic heterocycles. The molecule has 0 aromatic heterocycles. The van der Waals surface area contributed by atoms with Crippen LogP contribution in [0.3, 0.4) is 0 Å². The number of carbonyl (C=O) groups is 3. The van der Waals surface area contributed by atoms with E-state index in [2.05, 4.69) is 4.74 Å². The SMILES string of the molecule is O=C(O)C(=O)Oc1c(Cl)cc(Cl)c(Cl)c1C(=O)OCCCCCCC1CC1. The molecule has 0 spiro atoms. The number of unbranched alkanes of at least 4 members (excludes halogenated alkanes) is 3. The van der Waals surface area contributed by atoms with Crippen molar-refractivity contribution in [3.8, 4) is 5.75 Å². The topological polar surface area (TPSA) is 89.9 Å². The minimum absolute atomic E-state index is 0.0520. The van der Waals surface area contributed by atoms with Gasteiger partial charge in [0, 0.05) is 0 Å². The van der Waals surface area contributed by atoms with E-state index in [-0.39, 0.29) is 27.2 Å². The predicted octanol–water partition coefficient (Wildman–Crippen LogP) is 5.15. The summed E-state index contributed by atoms with van der Waals surface area (Å²) in [6, 6.07) is 1.15. The average Bonchev–Trinajstić information content (AvgIpc) is 3.42. The lowest BCUT2D eigenvalue weighted by molar-refractivity contribution is -0.158. The lowest BCUT2D eigenvalue weighted by Crippen LogP contribution is -2.21. The first kappa shape index (κ1) is 21.8. The van der Waals surface area contributed by atoms with Crippen LogP contribution in [0.25, 0.3) is 0 Å². The molecule has 0 heterocycles. The normalized spacial score (nSPS) is 13.3. The largest absolute Gasteiger partial charge is 0.473 e. The highest BCUT2D eigenvalue weighted by Crippen LogP contribution is 2.40. The summed E-state index contributed by atoms with van der Waals surface area (Å²) in [4.78, 5) is 34.4. The van der Waals surface area contributed by atoms with Gasteiger partial charge in [-0.3, -0.25) is 0 Å². The summed E-state index contributed by atoms with van der Waals surface area (Å²) in [5, 5.41) is 8.16. The molecule has 1 aromatic rings. The molecule has 0 amide bonds. The number of carbonyl (C=O) groups excluding carboxylic acids is 2. The number of rotatable bonds is 9. The Hall–Kier alpha value is -1.50. The fraction of sp³-hybridized carbons (Fsp3) is 0.500. The van der Waals surface area contributed by atoms with Crippen LogP contribution in [-0.4, -0.2) is 29.6 Å². The van der Waals surface area contributed by atoms with Crippen LogP contribution >= 0.6 is 34.8 Å².